The van der Waals surface area contributed by atoms with E-state index < -0.39 is 10.0 Å². The molecule has 1 aliphatic rings. The van der Waals surface area contributed by atoms with Gasteiger partial charge in [-0.15, -0.1) is 6.58 Å². The molecule has 1 aromatic rings. The average Bonchev–Trinajstić information content (AvgIpc) is 2.78. The largest absolute Gasteiger partial charge is 0.243 e. The van der Waals surface area contributed by atoms with Gasteiger partial charge in [0.05, 0.1) is 10.9 Å². The summed E-state index contributed by atoms with van der Waals surface area (Å²) in [7, 11) is -3.50. The molecule has 114 valence electrons. The van der Waals surface area contributed by atoms with E-state index in [9.17, 15) is 8.42 Å². The second-order valence-electron chi connectivity index (χ2n) is 6.06. The highest BCUT2D eigenvalue weighted by Crippen LogP contribution is 2.44. The molecule has 1 fully saturated rings. The summed E-state index contributed by atoms with van der Waals surface area (Å²) in [6.45, 7) is 14.3. The van der Waals surface area contributed by atoms with Crippen molar-refractivity contribution < 1.29 is 8.42 Å². The molecule has 0 spiro atoms. The van der Waals surface area contributed by atoms with Crippen LogP contribution in [0.1, 0.15) is 25.8 Å². The van der Waals surface area contributed by atoms with Crippen molar-refractivity contribution in [2.45, 2.75) is 38.1 Å². The lowest BCUT2D eigenvalue weighted by Crippen LogP contribution is -2.40. The predicted octanol–water partition coefficient (Wildman–Crippen LogP) is 3.53. The van der Waals surface area contributed by atoms with E-state index in [0.717, 1.165) is 17.6 Å². The molecule has 3 nitrogen and oxygen atoms in total. The van der Waals surface area contributed by atoms with Gasteiger partial charge in [0.15, 0.2) is 0 Å². The highest BCUT2D eigenvalue weighted by Gasteiger charge is 2.47. The Labute approximate surface area is 128 Å². The van der Waals surface area contributed by atoms with Gasteiger partial charge in [-0.25, -0.2) is 8.42 Å². The molecule has 1 saturated heterocycles. The molecular formula is C17H23NO2S. The lowest BCUT2D eigenvalue weighted by Gasteiger charge is -2.33. The molecule has 0 N–H and O–H groups in total. The van der Waals surface area contributed by atoms with Crippen LogP contribution < -0.4 is 0 Å². The minimum atomic E-state index is -3.50. The monoisotopic (exact) mass is 305 g/mol. The van der Waals surface area contributed by atoms with Gasteiger partial charge in [-0.1, -0.05) is 42.8 Å². The van der Waals surface area contributed by atoms with Crippen LogP contribution in [0.2, 0.25) is 0 Å². The number of rotatable bonds is 4. The fourth-order valence-electron chi connectivity index (χ4n) is 2.91. The van der Waals surface area contributed by atoms with Gasteiger partial charge in [0.25, 0.3) is 0 Å². The number of benzene rings is 1. The molecule has 1 aromatic carbocycles. The summed E-state index contributed by atoms with van der Waals surface area (Å²) in [5.41, 5.74) is 1.79. The molecule has 2 rings (SSSR count). The first kappa shape index (κ1) is 16.0. The summed E-state index contributed by atoms with van der Waals surface area (Å²) in [5.74, 6) is 0. The van der Waals surface area contributed by atoms with Crippen LogP contribution in [0.15, 0.2) is 54.0 Å². The minimum absolute atomic E-state index is 0.249. The highest BCUT2D eigenvalue weighted by atomic mass is 32.2. The molecule has 1 aliphatic heterocycles. The quantitative estimate of drug-likeness (QED) is 0.798. The van der Waals surface area contributed by atoms with Crippen molar-refractivity contribution in [2.75, 3.05) is 6.54 Å². The lowest BCUT2D eigenvalue weighted by atomic mass is 9.77. The Hall–Kier alpha value is -1.39. The molecule has 0 radical (unpaired) electrons. The fourth-order valence-corrected chi connectivity index (χ4v) is 4.61. The molecule has 21 heavy (non-hydrogen) atoms. The van der Waals surface area contributed by atoms with Crippen molar-refractivity contribution in [2.24, 2.45) is 5.41 Å². The molecule has 0 unspecified atom stereocenters. The Morgan fingerprint density at radius 3 is 2.43 bits per heavy atom. The number of aryl methyl sites for hydroxylation is 1. The van der Waals surface area contributed by atoms with Gasteiger partial charge < -0.3 is 0 Å². The standard InChI is InChI=1S/C17H23NO2S/c1-6-16-17(5,13(2)3)11-12-18(16)21(19,20)15-9-7-14(4)8-10-15/h6-10,16H,1-2,11-12H2,3-5H3/t16-,17+/m1/s1. The van der Waals surface area contributed by atoms with E-state index in [2.05, 4.69) is 20.1 Å². The first-order valence-corrected chi connectivity index (χ1v) is 8.54. The Morgan fingerprint density at radius 1 is 1.38 bits per heavy atom. The Kier molecular flexibility index (Phi) is 4.13. The SMILES string of the molecule is C=C[C@H]1N(S(=O)(=O)c2ccc(C)cc2)CC[C@@]1(C)C(=C)C. The molecule has 2 atom stereocenters. The number of nitrogens with zero attached hydrogens (tertiary/aromatic N) is 1. The number of sulfonamides is 1. The first-order chi connectivity index (χ1) is 9.73. The maximum Gasteiger partial charge on any atom is 0.243 e. The van der Waals surface area contributed by atoms with Crippen LogP contribution in [0.3, 0.4) is 0 Å². The van der Waals surface area contributed by atoms with Gasteiger partial charge >= 0.3 is 0 Å². The van der Waals surface area contributed by atoms with Crippen LogP contribution in [0.4, 0.5) is 0 Å². The van der Waals surface area contributed by atoms with Gasteiger partial charge in [0.2, 0.25) is 10.0 Å². The molecule has 4 heteroatoms. The third-order valence-corrected chi connectivity index (χ3v) is 6.54. The van der Waals surface area contributed by atoms with Gasteiger partial charge in [-0.3, -0.25) is 0 Å². The average molecular weight is 305 g/mol. The predicted molar refractivity (Wildman–Crippen MR) is 86.6 cm³/mol. The molecule has 0 aromatic heterocycles. The van der Waals surface area contributed by atoms with Crippen molar-refractivity contribution in [1.82, 2.24) is 4.31 Å². The second-order valence-corrected chi connectivity index (χ2v) is 7.95. The van der Waals surface area contributed by atoms with Crippen molar-refractivity contribution in [3.63, 3.8) is 0 Å². The third kappa shape index (κ3) is 2.58. The van der Waals surface area contributed by atoms with E-state index in [1.165, 1.54) is 0 Å². The summed E-state index contributed by atoms with van der Waals surface area (Å²) >= 11 is 0. The highest BCUT2D eigenvalue weighted by molar-refractivity contribution is 7.89. The van der Waals surface area contributed by atoms with Crippen LogP contribution in [0.5, 0.6) is 0 Å². The van der Waals surface area contributed by atoms with Crippen LogP contribution >= 0.6 is 0 Å². The lowest BCUT2D eigenvalue weighted by molar-refractivity contribution is 0.326. The van der Waals surface area contributed by atoms with Gasteiger partial charge in [-0.2, -0.15) is 4.31 Å². The van der Waals surface area contributed by atoms with Gasteiger partial charge in [0, 0.05) is 12.0 Å². The van der Waals surface area contributed by atoms with Crippen LogP contribution in [0.25, 0.3) is 0 Å². The van der Waals surface area contributed by atoms with Crippen molar-refractivity contribution in [3.8, 4) is 0 Å². The molecule has 1 heterocycles. The zero-order valence-corrected chi connectivity index (χ0v) is 13.8. The summed E-state index contributed by atoms with van der Waals surface area (Å²) in [4.78, 5) is 0.339. The van der Waals surface area contributed by atoms with Crippen molar-refractivity contribution >= 4 is 10.0 Å². The summed E-state index contributed by atoms with van der Waals surface area (Å²) in [6, 6.07) is 6.73. The molecule has 0 bridgehead atoms. The van der Waals surface area contributed by atoms with Crippen molar-refractivity contribution in [1.29, 1.82) is 0 Å². The molecule has 0 saturated carbocycles. The molecule has 0 amide bonds. The molecular weight excluding hydrogens is 282 g/mol. The maximum atomic E-state index is 12.9. The Balaban J connectivity index is 2.44. The molecule has 0 aliphatic carbocycles. The fraction of sp³-hybridized carbons (Fsp3) is 0.412. The first-order valence-electron chi connectivity index (χ1n) is 7.10. The van der Waals surface area contributed by atoms with Crippen LogP contribution in [0, 0.1) is 12.3 Å². The summed E-state index contributed by atoms with van der Waals surface area (Å²) in [6.07, 6.45) is 2.50. The zero-order valence-electron chi connectivity index (χ0n) is 13.0. The van der Waals surface area contributed by atoms with Crippen LogP contribution in [-0.4, -0.2) is 25.3 Å². The van der Waals surface area contributed by atoms with E-state index >= 15 is 0 Å². The van der Waals surface area contributed by atoms with Gasteiger partial charge in [-0.05, 0) is 32.4 Å². The second kappa shape index (κ2) is 5.43. The smallest absolute Gasteiger partial charge is 0.207 e. The van der Waals surface area contributed by atoms with E-state index in [4.69, 9.17) is 0 Å². The van der Waals surface area contributed by atoms with Crippen LogP contribution in [-0.2, 0) is 10.0 Å². The minimum Gasteiger partial charge on any atom is -0.207 e. The van der Waals surface area contributed by atoms with E-state index in [1.807, 2.05) is 26.0 Å². The summed E-state index contributed by atoms with van der Waals surface area (Å²) in [5, 5.41) is 0. The maximum absolute atomic E-state index is 12.9. The number of hydrogen-bond donors (Lipinski definition) is 0. The van der Waals surface area contributed by atoms with Gasteiger partial charge in [0.1, 0.15) is 0 Å². The number of hydrogen-bond acceptors (Lipinski definition) is 2. The summed E-state index contributed by atoms with van der Waals surface area (Å²) < 4.78 is 27.3. The topological polar surface area (TPSA) is 37.4 Å². The normalized spacial score (nSPS) is 26.7. The van der Waals surface area contributed by atoms with E-state index in [1.54, 1.807) is 22.5 Å². The Morgan fingerprint density at radius 2 is 1.95 bits per heavy atom. The third-order valence-electron chi connectivity index (χ3n) is 4.64. The zero-order chi connectivity index (χ0) is 15.8. The van der Waals surface area contributed by atoms with E-state index in [0.29, 0.717) is 11.4 Å². The Bertz CT molecular complexity index is 661. The van der Waals surface area contributed by atoms with Crippen molar-refractivity contribution in [3.05, 3.63) is 54.6 Å². The van der Waals surface area contributed by atoms with E-state index in [-0.39, 0.29) is 11.5 Å².